The topological polar surface area (TPSA) is 49.4 Å². The third-order valence-electron chi connectivity index (χ3n) is 1.00. The number of nitrogens with one attached hydrogen (secondary N) is 1. The monoisotopic (exact) mass is 144 g/mol. The molecule has 4 nitrogen and oxygen atoms in total. The van der Waals surface area contributed by atoms with Crippen LogP contribution in [0.3, 0.4) is 0 Å². The molecule has 0 aliphatic carbocycles. The summed E-state index contributed by atoms with van der Waals surface area (Å²) in [5.41, 5.74) is 2.34. The van der Waals surface area contributed by atoms with Gasteiger partial charge in [0.25, 0.3) is 0 Å². The number of rotatable bonds is 1. The van der Waals surface area contributed by atoms with Crippen LogP contribution in [0.15, 0.2) is 0 Å². The summed E-state index contributed by atoms with van der Waals surface area (Å²) in [6.45, 7) is 3.10. The number of amides is 2. The maximum absolute atomic E-state index is 10.8. The molecule has 0 spiro atoms. The first kappa shape index (κ1) is 8.94. The average molecular weight is 144 g/mol. The van der Waals surface area contributed by atoms with E-state index in [0.717, 1.165) is 0 Å². The van der Waals surface area contributed by atoms with Gasteiger partial charge in [0.2, 0.25) is 11.8 Å². The summed E-state index contributed by atoms with van der Waals surface area (Å²) in [6, 6.07) is 0. The lowest BCUT2D eigenvalue weighted by molar-refractivity contribution is -0.138. The van der Waals surface area contributed by atoms with Gasteiger partial charge in [-0.25, -0.2) is 0 Å². The zero-order valence-corrected chi connectivity index (χ0v) is 6.47. The minimum absolute atomic E-state index is 0.102. The van der Waals surface area contributed by atoms with Crippen molar-refractivity contribution in [3.8, 4) is 0 Å². The first-order valence-electron chi connectivity index (χ1n) is 3.11. The van der Waals surface area contributed by atoms with Crippen LogP contribution in [-0.4, -0.2) is 23.9 Å². The van der Waals surface area contributed by atoms with Crippen LogP contribution in [0.2, 0.25) is 0 Å². The zero-order chi connectivity index (χ0) is 8.15. The van der Waals surface area contributed by atoms with Gasteiger partial charge in [0, 0.05) is 20.4 Å². The molecule has 0 aliphatic rings. The Hall–Kier alpha value is -1.06. The first-order chi connectivity index (χ1) is 4.57. The van der Waals surface area contributed by atoms with Crippen molar-refractivity contribution < 1.29 is 9.59 Å². The third-order valence-corrected chi connectivity index (χ3v) is 1.00. The van der Waals surface area contributed by atoms with Gasteiger partial charge in [-0.05, 0) is 0 Å². The quantitative estimate of drug-likeness (QED) is 0.523. The van der Waals surface area contributed by atoms with Crippen LogP contribution in [-0.2, 0) is 9.59 Å². The minimum Gasteiger partial charge on any atom is -0.274 e. The van der Waals surface area contributed by atoms with Crippen molar-refractivity contribution >= 4 is 11.8 Å². The Morgan fingerprint density at radius 2 is 2.00 bits per heavy atom. The minimum atomic E-state index is -0.232. The predicted octanol–water partition coefficient (Wildman–Crippen LogP) is -0.0941. The smallest absolute Gasteiger partial charge is 0.240 e. The molecular formula is C6H12N2O2. The molecule has 0 aromatic heterocycles. The van der Waals surface area contributed by atoms with Crippen LogP contribution in [0.25, 0.3) is 0 Å². The highest BCUT2D eigenvalue weighted by atomic mass is 16.2. The van der Waals surface area contributed by atoms with Gasteiger partial charge in [-0.2, -0.15) is 0 Å². The van der Waals surface area contributed by atoms with Crippen LogP contribution >= 0.6 is 0 Å². The van der Waals surface area contributed by atoms with Crippen molar-refractivity contribution in [3.63, 3.8) is 0 Å². The largest absolute Gasteiger partial charge is 0.274 e. The van der Waals surface area contributed by atoms with Crippen LogP contribution < -0.4 is 5.43 Å². The van der Waals surface area contributed by atoms with Gasteiger partial charge in [-0.1, -0.05) is 6.92 Å². The second-order valence-electron chi connectivity index (χ2n) is 1.97. The second kappa shape index (κ2) is 3.87. The van der Waals surface area contributed by atoms with Gasteiger partial charge in [0.1, 0.15) is 0 Å². The number of hydrogen-bond donors (Lipinski definition) is 1. The van der Waals surface area contributed by atoms with E-state index in [2.05, 4.69) is 5.43 Å². The molecule has 0 aliphatic heterocycles. The molecule has 0 radical (unpaired) electrons. The molecule has 4 heteroatoms. The number of carbonyl (C=O) groups excluding carboxylic acids is 2. The van der Waals surface area contributed by atoms with Crippen LogP contribution in [0.5, 0.6) is 0 Å². The molecule has 0 aromatic carbocycles. The molecule has 10 heavy (non-hydrogen) atoms. The predicted molar refractivity (Wildman–Crippen MR) is 36.9 cm³/mol. The highest BCUT2D eigenvalue weighted by Crippen LogP contribution is 1.83. The molecule has 0 saturated heterocycles. The van der Waals surface area contributed by atoms with Gasteiger partial charge in [-0.3, -0.25) is 20.0 Å². The highest BCUT2D eigenvalue weighted by molar-refractivity contribution is 5.80. The fourth-order valence-electron chi connectivity index (χ4n) is 0.536. The summed E-state index contributed by atoms with van der Waals surface area (Å²) in [4.78, 5) is 21.1. The van der Waals surface area contributed by atoms with E-state index in [1.807, 2.05) is 0 Å². The fourth-order valence-corrected chi connectivity index (χ4v) is 0.536. The summed E-state index contributed by atoms with van der Waals surface area (Å²) in [5, 5.41) is 1.18. The highest BCUT2D eigenvalue weighted by Gasteiger charge is 2.04. The molecule has 0 rings (SSSR count). The maximum Gasteiger partial charge on any atom is 0.240 e. The lowest BCUT2D eigenvalue weighted by Gasteiger charge is -2.15. The molecule has 0 saturated carbocycles. The summed E-state index contributed by atoms with van der Waals surface area (Å²) < 4.78 is 0. The van der Waals surface area contributed by atoms with Gasteiger partial charge >= 0.3 is 0 Å². The zero-order valence-electron chi connectivity index (χ0n) is 6.47. The molecule has 0 atom stereocenters. The van der Waals surface area contributed by atoms with Crippen molar-refractivity contribution in [2.24, 2.45) is 0 Å². The second-order valence-corrected chi connectivity index (χ2v) is 1.97. The van der Waals surface area contributed by atoms with E-state index in [-0.39, 0.29) is 11.8 Å². The Morgan fingerprint density at radius 1 is 1.50 bits per heavy atom. The van der Waals surface area contributed by atoms with Crippen molar-refractivity contribution in [3.05, 3.63) is 0 Å². The van der Waals surface area contributed by atoms with E-state index in [9.17, 15) is 9.59 Å². The van der Waals surface area contributed by atoms with Gasteiger partial charge in [-0.15, -0.1) is 0 Å². The Balaban J connectivity index is 3.72. The van der Waals surface area contributed by atoms with E-state index < -0.39 is 0 Å². The number of hydrogen-bond acceptors (Lipinski definition) is 2. The maximum atomic E-state index is 10.8. The Bertz CT molecular complexity index is 145. The van der Waals surface area contributed by atoms with Crippen molar-refractivity contribution in [2.75, 3.05) is 7.05 Å². The van der Waals surface area contributed by atoms with E-state index in [1.54, 1.807) is 6.92 Å². The van der Waals surface area contributed by atoms with Crippen LogP contribution in [0, 0.1) is 0 Å². The molecule has 0 heterocycles. The normalized spacial score (nSPS) is 8.70. The Morgan fingerprint density at radius 3 is 2.30 bits per heavy atom. The van der Waals surface area contributed by atoms with Crippen LogP contribution in [0.1, 0.15) is 20.3 Å². The van der Waals surface area contributed by atoms with Crippen molar-refractivity contribution in [1.29, 1.82) is 0 Å². The number of carbonyl (C=O) groups is 2. The molecule has 0 unspecified atom stereocenters. The van der Waals surface area contributed by atoms with E-state index in [4.69, 9.17) is 0 Å². The van der Waals surface area contributed by atoms with Gasteiger partial charge in [0.15, 0.2) is 0 Å². The van der Waals surface area contributed by atoms with E-state index in [1.165, 1.54) is 19.0 Å². The molecule has 58 valence electrons. The Kier molecular flexibility index (Phi) is 3.46. The molecular weight excluding hydrogens is 132 g/mol. The van der Waals surface area contributed by atoms with Crippen LogP contribution in [0.4, 0.5) is 0 Å². The lowest BCUT2D eigenvalue weighted by atomic mass is 10.4. The SMILES string of the molecule is CCC(=O)N(C)NC(C)=O. The van der Waals surface area contributed by atoms with E-state index >= 15 is 0 Å². The van der Waals surface area contributed by atoms with Gasteiger partial charge in [0.05, 0.1) is 0 Å². The lowest BCUT2D eigenvalue weighted by Crippen LogP contribution is -2.41. The fraction of sp³-hybridized carbons (Fsp3) is 0.667. The first-order valence-corrected chi connectivity index (χ1v) is 3.11. The average Bonchev–Trinajstić information content (AvgIpc) is 1.85. The number of hydrazine groups is 1. The van der Waals surface area contributed by atoms with Gasteiger partial charge < -0.3 is 0 Å². The van der Waals surface area contributed by atoms with Crippen molar-refractivity contribution in [1.82, 2.24) is 10.4 Å². The molecule has 0 bridgehead atoms. The molecule has 2 amide bonds. The Labute approximate surface area is 60.2 Å². The molecule has 0 fully saturated rings. The number of nitrogens with zero attached hydrogens (tertiary/aromatic N) is 1. The third kappa shape index (κ3) is 3.06. The van der Waals surface area contributed by atoms with Crippen molar-refractivity contribution in [2.45, 2.75) is 20.3 Å². The summed E-state index contributed by atoms with van der Waals surface area (Å²) in [6.07, 6.45) is 0.400. The molecule has 0 aromatic rings. The molecule has 1 N–H and O–H groups in total. The summed E-state index contributed by atoms with van der Waals surface area (Å²) >= 11 is 0. The summed E-state index contributed by atoms with van der Waals surface area (Å²) in [7, 11) is 1.52. The standard InChI is InChI=1S/C6H12N2O2/c1-4-6(10)8(3)7-5(2)9/h4H2,1-3H3,(H,7,9). The van der Waals surface area contributed by atoms with E-state index in [0.29, 0.717) is 6.42 Å². The summed E-state index contributed by atoms with van der Waals surface area (Å²) in [5.74, 6) is -0.334.